The van der Waals surface area contributed by atoms with Crippen LogP contribution in [0, 0.1) is 5.92 Å². The van der Waals surface area contributed by atoms with E-state index in [0.717, 1.165) is 65.2 Å². The van der Waals surface area contributed by atoms with Gasteiger partial charge in [0.25, 0.3) is 0 Å². The third-order valence-electron chi connectivity index (χ3n) is 5.64. The summed E-state index contributed by atoms with van der Waals surface area (Å²) in [5.41, 5.74) is 0. The number of carbonyl (C=O) groups is 2. The number of hydrogen-bond donors (Lipinski definition) is 1. The van der Waals surface area contributed by atoms with Crippen molar-refractivity contribution < 1.29 is 9.59 Å². The van der Waals surface area contributed by atoms with Crippen LogP contribution in [0.1, 0.15) is 46.0 Å². The highest BCUT2D eigenvalue weighted by atomic mass is 16.2. The van der Waals surface area contributed by atoms with E-state index in [9.17, 15) is 9.59 Å². The van der Waals surface area contributed by atoms with Crippen molar-refractivity contribution in [2.24, 2.45) is 5.92 Å². The lowest BCUT2D eigenvalue weighted by Crippen LogP contribution is -2.42. The molecule has 0 aromatic rings. The first-order valence-electron chi connectivity index (χ1n) is 10.1. The molecule has 0 saturated carbocycles. The van der Waals surface area contributed by atoms with E-state index in [1.807, 2.05) is 23.6 Å². The highest BCUT2D eigenvalue weighted by Crippen LogP contribution is 2.18. The summed E-state index contributed by atoms with van der Waals surface area (Å²) in [5, 5.41) is 3.38. The number of rotatable bonds is 7. The Morgan fingerprint density at radius 3 is 2.44 bits per heavy atom. The Kier molecular flexibility index (Phi) is 8.68. The molecule has 2 saturated heterocycles. The molecule has 2 aliphatic rings. The van der Waals surface area contributed by atoms with Crippen molar-refractivity contribution in [2.75, 3.05) is 58.9 Å². The second-order valence-corrected chi connectivity index (χ2v) is 7.31. The Hall–Kier alpha value is -1.14. The highest BCUT2D eigenvalue weighted by molar-refractivity contribution is 5.78. The monoisotopic (exact) mass is 352 g/mol. The minimum absolute atomic E-state index is 0.204. The van der Waals surface area contributed by atoms with Crippen LogP contribution in [0.2, 0.25) is 0 Å². The topological polar surface area (TPSA) is 55.9 Å². The van der Waals surface area contributed by atoms with Crippen molar-refractivity contribution in [1.29, 1.82) is 0 Å². The van der Waals surface area contributed by atoms with Crippen LogP contribution in [-0.4, -0.2) is 85.4 Å². The van der Waals surface area contributed by atoms with Gasteiger partial charge in [-0.2, -0.15) is 0 Å². The molecule has 0 radical (unpaired) electrons. The third-order valence-corrected chi connectivity index (χ3v) is 5.64. The largest absolute Gasteiger partial charge is 0.342 e. The molecule has 2 amide bonds. The summed E-state index contributed by atoms with van der Waals surface area (Å²) in [6.07, 6.45) is 5.08. The van der Waals surface area contributed by atoms with Crippen molar-refractivity contribution >= 4 is 11.8 Å². The molecule has 2 rings (SSSR count). The molecule has 2 heterocycles. The van der Waals surface area contributed by atoms with E-state index in [4.69, 9.17) is 0 Å². The molecule has 2 fully saturated rings. The van der Waals surface area contributed by atoms with Gasteiger partial charge in [-0.15, -0.1) is 0 Å². The van der Waals surface area contributed by atoms with Gasteiger partial charge in [0.05, 0.1) is 6.54 Å². The van der Waals surface area contributed by atoms with E-state index in [1.165, 1.54) is 12.8 Å². The van der Waals surface area contributed by atoms with Gasteiger partial charge in [-0.1, -0.05) is 0 Å². The zero-order chi connectivity index (χ0) is 18.1. The predicted octanol–water partition coefficient (Wildman–Crippen LogP) is 1.17. The number of amides is 2. The molecule has 0 unspecified atom stereocenters. The van der Waals surface area contributed by atoms with E-state index < -0.39 is 0 Å². The number of carbonyl (C=O) groups excluding carboxylic acids is 2. The van der Waals surface area contributed by atoms with Crippen LogP contribution in [0.3, 0.4) is 0 Å². The molecule has 6 heteroatoms. The van der Waals surface area contributed by atoms with Crippen LogP contribution >= 0.6 is 0 Å². The number of piperidine rings is 1. The molecule has 0 spiro atoms. The Labute approximate surface area is 152 Å². The molecule has 6 nitrogen and oxygen atoms in total. The minimum Gasteiger partial charge on any atom is -0.342 e. The first-order chi connectivity index (χ1) is 12.1. The smallest absolute Gasteiger partial charge is 0.236 e. The number of likely N-dealkylation sites (N-methyl/N-ethyl adjacent to an activating group) is 1. The molecular weight excluding hydrogens is 316 g/mol. The lowest BCUT2D eigenvalue weighted by atomic mass is 9.93. The zero-order valence-electron chi connectivity index (χ0n) is 16.1. The van der Waals surface area contributed by atoms with Gasteiger partial charge in [0.1, 0.15) is 0 Å². The number of nitrogens with zero attached hydrogens (tertiary/aromatic N) is 3. The van der Waals surface area contributed by atoms with Crippen molar-refractivity contribution in [3.63, 3.8) is 0 Å². The Morgan fingerprint density at radius 2 is 1.76 bits per heavy atom. The normalized spacial score (nSPS) is 20.3. The highest BCUT2D eigenvalue weighted by Gasteiger charge is 2.22. The molecular formula is C19H36N4O2. The van der Waals surface area contributed by atoms with Gasteiger partial charge in [0.2, 0.25) is 11.8 Å². The molecule has 2 aliphatic heterocycles. The fourth-order valence-electron chi connectivity index (χ4n) is 3.90. The van der Waals surface area contributed by atoms with Crippen molar-refractivity contribution in [1.82, 2.24) is 20.0 Å². The fraction of sp³-hybridized carbons (Fsp3) is 0.895. The van der Waals surface area contributed by atoms with Crippen molar-refractivity contribution in [2.45, 2.75) is 46.0 Å². The summed E-state index contributed by atoms with van der Waals surface area (Å²) in [6, 6.07) is 0. The quantitative estimate of drug-likeness (QED) is 0.747. The van der Waals surface area contributed by atoms with Gasteiger partial charge in [0, 0.05) is 45.7 Å². The first kappa shape index (κ1) is 20.2. The van der Waals surface area contributed by atoms with Gasteiger partial charge in [-0.3, -0.25) is 14.5 Å². The maximum Gasteiger partial charge on any atom is 0.236 e. The summed E-state index contributed by atoms with van der Waals surface area (Å²) in [4.78, 5) is 30.9. The van der Waals surface area contributed by atoms with E-state index in [2.05, 4.69) is 10.2 Å². The SMILES string of the molecule is CCN(CC)C(=O)CN1CCCN(C(=O)CCC2CCNCC2)CC1. The van der Waals surface area contributed by atoms with Crippen molar-refractivity contribution in [3.8, 4) is 0 Å². The standard InChI is InChI=1S/C19H36N4O2/c1-3-22(4-2)19(25)16-21-12-5-13-23(15-14-21)18(24)7-6-17-8-10-20-11-9-17/h17,20H,3-16H2,1-2H3. The maximum absolute atomic E-state index is 12.5. The minimum atomic E-state index is 0.204. The van der Waals surface area contributed by atoms with Gasteiger partial charge in [0.15, 0.2) is 0 Å². The molecule has 0 aromatic heterocycles. The van der Waals surface area contributed by atoms with Gasteiger partial charge >= 0.3 is 0 Å². The second-order valence-electron chi connectivity index (χ2n) is 7.31. The molecule has 25 heavy (non-hydrogen) atoms. The van der Waals surface area contributed by atoms with Crippen LogP contribution in [0.25, 0.3) is 0 Å². The molecule has 0 aliphatic carbocycles. The average molecular weight is 353 g/mol. The summed E-state index contributed by atoms with van der Waals surface area (Å²) in [6.45, 7) is 11.6. The molecule has 0 bridgehead atoms. The lowest BCUT2D eigenvalue weighted by Gasteiger charge is -2.26. The maximum atomic E-state index is 12.5. The van der Waals surface area contributed by atoms with Gasteiger partial charge in [-0.05, 0) is 58.5 Å². The molecule has 144 valence electrons. The summed E-state index contributed by atoms with van der Waals surface area (Å²) < 4.78 is 0. The van der Waals surface area contributed by atoms with E-state index >= 15 is 0 Å². The van der Waals surface area contributed by atoms with E-state index in [1.54, 1.807) is 0 Å². The van der Waals surface area contributed by atoms with Crippen LogP contribution in [0.4, 0.5) is 0 Å². The Morgan fingerprint density at radius 1 is 1.04 bits per heavy atom. The average Bonchev–Trinajstić information content (AvgIpc) is 2.87. The van der Waals surface area contributed by atoms with Crippen molar-refractivity contribution in [3.05, 3.63) is 0 Å². The zero-order valence-corrected chi connectivity index (χ0v) is 16.1. The number of hydrogen-bond acceptors (Lipinski definition) is 4. The molecule has 0 aromatic carbocycles. The molecule has 0 atom stereocenters. The number of nitrogens with one attached hydrogen (secondary N) is 1. The predicted molar refractivity (Wildman–Crippen MR) is 100 cm³/mol. The van der Waals surface area contributed by atoms with Crippen LogP contribution < -0.4 is 5.32 Å². The summed E-state index contributed by atoms with van der Waals surface area (Å²) in [5.74, 6) is 1.21. The van der Waals surface area contributed by atoms with Crippen LogP contribution in [-0.2, 0) is 9.59 Å². The lowest BCUT2D eigenvalue weighted by molar-refractivity contribution is -0.132. The summed E-state index contributed by atoms with van der Waals surface area (Å²) in [7, 11) is 0. The fourth-order valence-corrected chi connectivity index (χ4v) is 3.90. The van der Waals surface area contributed by atoms with E-state index in [-0.39, 0.29) is 5.91 Å². The van der Waals surface area contributed by atoms with Gasteiger partial charge < -0.3 is 15.1 Å². The van der Waals surface area contributed by atoms with E-state index in [0.29, 0.717) is 24.8 Å². The van der Waals surface area contributed by atoms with Gasteiger partial charge in [-0.25, -0.2) is 0 Å². The first-order valence-corrected chi connectivity index (χ1v) is 10.1. The summed E-state index contributed by atoms with van der Waals surface area (Å²) >= 11 is 0. The molecule has 1 N–H and O–H groups in total. The third kappa shape index (κ3) is 6.59. The Bertz CT molecular complexity index is 420. The second kappa shape index (κ2) is 10.8. The Balaban J connectivity index is 1.72. The van der Waals surface area contributed by atoms with Crippen LogP contribution in [0.5, 0.6) is 0 Å². The van der Waals surface area contributed by atoms with Crippen LogP contribution in [0.15, 0.2) is 0 Å².